The summed E-state index contributed by atoms with van der Waals surface area (Å²) >= 11 is 22.9. The van der Waals surface area contributed by atoms with E-state index in [4.69, 9.17) is 85.5 Å². The van der Waals surface area contributed by atoms with E-state index in [-0.39, 0.29) is 88.2 Å². The summed E-state index contributed by atoms with van der Waals surface area (Å²) in [5.41, 5.74) is 6.88. The van der Waals surface area contributed by atoms with Crippen molar-refractivity contribution in [3.63, 3.8) is 0 Å². The summed E-state index contributed by atoms with van der Waals surface area (Å²) in [6.07, 6.45) is -0.426. The first kappa shape index (κ1) is 54.6. The molecule has 0 radical (unpaired) electrons. The topological polar surface area (TPSA) is 233 Å². The van der Waals surface area contributed by atoms with Crippen molar-refractivity contribution < 1.29 is 74.4 Å². The van der Waals surface area contributed by atoms with Crippen molar-refractivity contribution in [3.05, 3.63) is 128 Å². The van der Waals surface area contributed by atoms with Crippen LogP contribution in [-0.2, 0) is 14.4 Å². The molecule has 374 valence electrons. The number of halogens is 9. The number of amides is 3. The van der Waals surface area contributed by atoms with E-state index in [9.17, 15) is 41.1 Å². The molecule has 70 heavy (non-hydrogen) atoms. The first-order valence-corrected chi connectivity index (χ1v) is 22.3. The fraction of sp³-hybridized carbons (Fsp3) is 0.283. The van der Waals surface area contributed by atoms with Crippen LogP contribution in [-0.4, -0.2) is 83.4 Å². The average molecular weight is 1060 g/mol. The Hall–Kier alpha value is -6.32. The van der Waals surface area contributed by atoms with Crippen molar-refractivity contribution in [1.82, 2.24) is 16.0 Å². The number of rotatable bonds is 11. The Morgan fingerprint density at radius 2 is 1.04 bits per heavy atom. The summed E-state index contributed by atoms with van der Waals surface area (Å²) in [7, 11) is 0. The van der Waals surface area contributed by atoms with Gasteiger partial charge in [-0.15, -0.1) is 0 Å². The first-order chi connectivity index (χ1) is 33.0. The van der Waals surface area contributed by atoms with Gasteiger partial charge in [-0.05, 0) is 111 Å². The Morgan fingerprint density at radius 3 is 1.47 bits per heavy atom. The summed E-state index contributed by atoms with van der Waals surface area (Å²) in [6, 6.07) is 21.4. The van der Waals surface area contributed by atoms with Gasteiger partial charge in [0.15, 0.2) is 19.0 Å². The zero-order valence-electron chi connectivity index (χ0n) is 36.1. The number of fused-ring (bicyclic) bond motifs is 2. The number of ether oxygens (including phenoxy) is 2. The largest absolute Gasteiger partial charge is 0.490 e. The number of nitrogens with one attached hydrogen (secondary N) is 3. The zero-order chi connectivity index (χ0) is 51.3. The number of nitrogens with two attached hydrogens (primary N) is 1. The number of furan rings is 2. The summed E-state index contributed by atoms with van der Waals surface area (Å²) in [6.45, 7) is -0.386. The Morgan fingerprint density at radius 1 is 0.614 bits per heavy atom. The van der Waals surface area contributed by atoms with Crippen LogP contribution in [0.3, 0.4) is 0 Å². The number of carbonyl (C=O) groups is 5. The second kappa shape index (κ2) is 25.0. The zero-order valence-corrected chi connectivity index (χ0v) is 39.1. The molecule has 2 aliphatic rings. The van der Waals surface area contributed by atoms with Gasteiger partial charge in [0, 0.05) is 57.1 Å². The predicted molar refractivity (Wildman–Crippen MR) is 248 cm³/mol. The average Bonchev–Trinajstić information content (AvgIpc) is 4.12. The number of aliphatic carboxylic acids is 1. The molecule has 15 nitrogen and oxygen atoms in total. The van der Waals surface area contributed by atoms with Crippen LogP contribution in [0.2, 0.25) is 20.1 Å². The lowest BCUT2D eigenvalue weighted by atomic mass is 10.2. The maximum Gasteiger partial charge on any atom is 0.490 e. The number of alkyl halides is 3. The van der Waals surface area contributed by atoms with E-state index in [0.717, 1.165) is 49.6 Å². The van der Waals surface area contributed by atoms with Crippen LogP contribution in [0.1, 0.15) is 59.6 Å². The van der Waals surface area contributed by atoms with Crippen molar-refractivity contribution >= 4 is 98.0 Å². The lowest BCUT2D eigenvalue weighted by Crippen LogP contribution is -2.39. The molecule has 7 N–H and O–H groups in total. The monoisotopic (exact) mass is 1060 g/mol. The lowest BCUT2D eigenvalue weighted by Gasteiger charge is -2.14. The Balaban J connectivity index is 0.000000198. The summed E-state index contributed by atoms with van der Waals surface area (Å²) < 4.78 is 79.4. The third kappa shape index (κ3) is 17.0. The molecule has 8 rings (SSSR count). The maximum absolute atomic E-state index is 13.4. The van der Waals surface area contributed by atoms with Crippen molar-refractivity contribution in [2.45, 2.75) is 68.9 Å². The van der Waals surface area contributed by atoms with Gasteiger partial charge in [0.2, 0.25) is 5.76 Å². The molecule has 0 aliphatic heterocycles. The molecule has 3 amide bonds. The van der Waals surface area contributed by atoms with Crippen molar-refractivity contribution in [2.24, 2.45) is 5.73 Å². The molecular weight excluding hydrogens is 1020 g/mol. The summed E-state index contributed by atoms with van der Waals surface area (Å²) in [5.74, 6) is -5.22. The van der Waals surface area contributed by atoms with E-state index in [1.165, 1.54) is 30.3 Å². The van der Waals surface area contributed by atoms with Gasteiger partial charge in [-0.2, -0.15) is 13.2 Å². The quantitative estimate of drug-likeness (QED) is 0.0666. The van der Waals surface area contributed by atoms with Gasteiger partial charge in [0.1, 0.15) is 34.3 Å². The number of aromatic carboxylic acids is 1. The van der Waals surface area contributed by atoms with Gasteiger partial charge in [0.05, 0.1) is 10.0 Å². The highest BCUT2D eigenvalue weighted by Crippen LogP contribution is 2.27. The standard InChI is InChI=1S/C22H19Cl2FN2O4.C13H16ClFN2O2.C9H5ClO3.C2HF3O2/c23-13-1-6-19-12(7-13)8-20(31-19)22(29)27-15-3-2-14(9-15)26-21(28)11-30-16-4-5-17(24)18(25)10-16;14-11-4-3-10(6-12(11)15)19-7-13(18)17-9-2-1-8(16)5-9;10-6-1-2-7-5(3-6)4-8(13-7)9(11)12;3-2(4,5)1(6)7/h1,4-8,10,14-15H,2-3,9,11H2,(H,26,28)(H,27,29);3-4,6,8-9H,1-2,5,7,16H2,(H,17,18);1-4H,(H,11,12);(H,6,7)/t14-,15+;8-,9+;;/m10../s1. The molecule has 0 saturated heterocycles. The summed E-state index contributed by atoms with van der Waals surface area (Å²) in [4.78, 5) is 55.7. The highest BCUT2D eigenvalue weighted by Gasteiger charge is 2.38. The molecule has 4 aromatic carbocycles. The molecular formula is C46H41Cl4F5N4O11. The minimum atomic E-state index is -5.08. The highest BCUT2D eigenvalue weighted by molar-refractivity contribution is 6.32. The molecule has 0 unspecified atom stereocenters. The second-order valence-corrected chi connectivity index (χ2v) is 17.2. The first-order valence-electron chi connectivity index (χ1n) is 20.8. The molecule has 0 bridgehead atoms. The van der Waals surface area contributed by atoms with Crippen LogP contribution in [0.15, 0.2) is 93.8 Å². The van der Waals surface area contributed by atoms with Crippen LogP contribution in [0.5, 0.6) is 11.5 Å². The minimum Gasteiger partial charge on any atom is -0.484 e. The molecule has 2 heterocycles. The third-order valence-corrected chi connectivity index (χ3v) is 11.2. The van der Waals surface area contributed by atoms with Crippen LogP contribution < -0.4 is 31.2 Å². The van der Waals surface area contributed by atoms with Gasteiger partial charge in [0.25, 0.3) is 17.7 Å². The van der Waals surface area contributed by atoms with Crippen molar-refractivity contribution in [3.8, 4) is 11.5 Å². The molecule has 24 heteroatoms. The SMILES string of the molecule is N[C@H]1CC[C@@H](NC(=O)COc2ccc(Cl)c(F)c2)C1.O=C(COc1ccc(Cl)c(F)c1)N[C@@H]1CC[C@H](NC(=O)c2cc3cc(Cl)ccc3o2)C1.O=C(O)C(F)(F)F.O=C(O)c1cc2cc(Cl)ccc2o1. The van der Waals surface area contributed by atoms with Crippen LogP contribution >= 0.6 is 46.4 Å². The van der Waals surface area contributed by atoms with Gasteiger partial charge >= 0.3 is 18.1 Å². The number of carbonyl (C=O) groups excluding carboxylic acids is 3. The number of carboxylic acids is 2. The van der Waals surface area contributed by atoms with Crippen LogP contribution in [0.25, 0.3) is 21.9 Å². The molecule has 2 saturated carbocycles. The molecule has 6 aromatic rings. The minimum absolute atomic E-state index is 0.0118. The number of hydrogen-bond donors (Lipinski definition) is 6. The van der Waals surface area contributed by atoms with Gasteiger partial charge in [-0.1, -0.05) is 46.4 Å². The smallest absolute Gasteiger partial charge is 0.484 e. The fourth-order valence-electron chi connectivity index (χ4n) is 6.86. The van der Waals surface area contributed by atoms with Gasteiger partial charge in [-0.25, -0.2) is 18.4 Å². The molecule has 0 spiro atoms. The molecule has 2 aromatic heterocycles. The van der Waals surface area contributed by atoms with E-state index >= 15 is 0 Å². The van der Waals surface area contributed by atoms with E-state index in [0.29, 0.717) is 33.0 Å². The highest BCUT2D eigenvalue weighted by atomic mass is 35.5. The molecule has 2 aliphatic carbocycles. The van der Waals surface area contributed by atoms with Crippen LogP contribution in [0, 0.1) is 11.6 Å². The van der Waals surface area contributed by atoms with E-state index in [2.05, 4.69) is 16.0 Å². The lowest BCUT2D eigenvalue weighted by molar-refractivity contribution is -0.192. The Kier molecular flexibility index (Phi) is 19.5. The predicted octanol–water partition coefficient (Wildman–Crippen LogP) is 10.00. The van der Waals surface area contributed by atoms with Crippen molar-refractivity contribution in [2.75, 3.05) is 13.2 Å². The normalized spacial score (nSPS) is 17.2. The fourth-order valence-corrected chi connectivity index (χ4v) is 7.46. The molecule has 4 atom stereocenters. The number of benzene rings is 4. The van der Waals surface area contributed by atoms with E-state index in [1.807, 2.05) is 0 Å². The van der Waals surface area contributed by atoms with Crippen LogP contribution in [0.4, 0.5) is 22.0 Å². The van der Waals surface area contributed by atoms with Gasteiger partial charge in [-0.3, -0.25) is 14.4 Å². The summed E-state index contributed by atoms with van der Waals surface area (Å²) in [5, 5.41) is 27.0. The molecule has 2 fully saturated rings. The number of carboxylic acid groups (broad SMARTS) is 2. The maximum atomic E-state index is 13.4. The third-order valence-electron chi connectivity index (χ3n) is 10.1. The van der Waals surface area contributed by atoms with Crippen molar-refractivity contribution in [1.29, 1.82) is 0 Å². The van der Waals surface area contributed by atoms with E-state index < -0.39 is 29.7 Å². The van der Waals surface area contributed by atoms with Gasteiger partial charge < -0.3 is 50.2 Å². The second-order valence-electron chi connectivity index (χ2n) is 15.5. The Labute approximate surface area is 414 Å². The number of hydrogen-bond acceptors (Lipinski definition) is 10. The van der Waals surface area contributed by atoms with E-state index in [1.54, 1.807) is 42.5 Å². The Bertz CT molecular complexity index is 2830.